The maximum Gasteiger partial charge on any atom is 0.119 e. The molecule has 0 spiro atoms. The van der Waals surface area contributed by atoms with Gasteiger partial charge in [0.2, 0.25) is 0 Å². The van der Waals surface area contributed by atoms with Crippen LogP contribution in [0.2, 0.25) is 0 Å². The highest BCUT2D eigenvalue weighted by Crippen LogP contribution is 2.33. The lowest BCUT2D eigenvalue weighted by molar-refractivity contribution is 0.263. The summed E-state index contributed by atoms with van der Waals surface area (Å²) in [5, 5.41) is 0. The number of epoxide rings is 1. The second-order valence-electron chi connectivity index (χ2n) is 5.17. The van der Waals surface area contributed by atoms with Gasteiger partial charge < -0.3 is 9.47 Å². The van der Waals surface area contributed by atoms with Crippen molar-refractivity contribution >= 4 is 0 Å². The van der Waals surface area contributed by atoms with Crippen molar-refractivity contribution in [3.63, 3.8) is 0 Å². The molecule has 0 N–H and O–H groups in total. The van der Waals surface area contributed by atoms with Gasteiger partial charge in [0.1, 0.15) is 18.5 Å². The number of ether oxygens (including phenoxy) is 2. The minimum absolute atomic E-state index is 0.341. The highest BCUT2D eigenvalue weighted by Gasteiger charge is 2.23. The van der Waals surface area contributed by atoms with Crippen molar-refractivity contribution in [3.05, 3.63) is 29.8 Å². The summed E-state index contributed by atoms with van der Waals surface area (Å²) in [5.41, 5.74) is 1.49. The predicted octanol–water partition coefficient (Wildman–Crippen LogP) is 3.51. The van der Waals surface area contributed by atoms with Crippen LogP contribution in [0.3, 0.4) is 0 Å². The molecule has 1 aromatic carbocycles. The Hall–Kier alpha value is -1.02. The molecule has 3 rings (SSSR count). The highest BCUT2D eigenvalue weighted by molar-refractivity contribution is 5.29. The summed E-state index contributed by atoms with van der Waals surface area (Å²) < 4.78 is 10.8. The van der Waals surface area contributed by atoms with Gasteiger partial charge >= 0.3 is 0 Å². The van der Waals surface area contributed by atoms with Gasteiger partial charge in [-0.25, -0.2) is 0 Å². The molecule has 1 saturated carbocycles. The van der Waals surface area contributed by atoms with Gasteiger partial charge in [0, 0.05) is 0 Å². The highest BCUT2D eigenvalue weighted by atomic mass is 16.6. The summed E-state index contributed by atoms with van der Waals surface area (Å²) in [6, 6.07) is 8.68. The van der Waals surface area contributed by atoms with Crippen LogP contribution >= 0.6 is 0 Å². The molecule has 0 radical (unpaired) electrons. The van der Waals surface area contributed by atoms with Crippen molar-refractivity contribution in [1.82, 2.24) is 0 Å². The Labute approximate surface area is 103 Å². The zero-order chi connectivity index (χ0) is 11.5. The van der Waals surface area contributed by atoms with Crippen molar-refractivity contribution in [3.8, 4) is 5.75 Å². The Morgan fingerprint density at radius 3 is 2.41 bits per heavy atom. The van der Waals surface area contributed by atoms with Gasteiger partial charge in [-0.05, 0) is 36.5 Å². The molecule has 1 aliphatic carbocycles. The van der Waals surface area contributed by atoms with Crippen molar-refractivity contribution < 1.29 is 9.47 Å². The van der Waals surface area contributed by atoms with Gasteiger partial charge in [-0.3, -0.25) is 0 Å². The first-order valence-corrected chi connectivity index (χ1v) is 6.76. The Balaban J connectivity index is 1.58. The molecule has 1 unspecified atom stereocenters. The van der Waals surface area contributed by atoms with Gasteiger partial charge in [-0.1, -0.05) is 31.4 Å². The van der Waals surface area contributed by atoms with Crippen LogP contribution in [0.4, 0.5) is 0 Å². The third-order valence-corrected chi connectivity index (χ3v) is 3.79. The second-order valence-corrected chi connectivity index (χ2v) is 5.17. The van der Waals surface area contributed by atoms with Crippen molar-refractivity contribution in [2.75, 3.05) is 13.2 Å². The van der Waals surface area contributed by atoms with Crippen LogP contribution in [-0.4, -0.2) is 19.3 Å². The van der Waals surface area contributed by atoms with Crippen molar-refractivity contribution in [2.45, 2.75) is 44.1 Å². The predicted molar refractivity (Wildman–Crippen MR) is 67.5 cm³/mol. The quantitative estimate of drug-likeness (QED) is 0.741. The van der Waals surface area contributed by atoms with Gasteiger partial charge in [-0.2, -0.15) is 0 Å². The Morgan fingerprint density at radius 2 is 1.76 bits per heavy atom. The summed E-state index contributed by atoms with van der Waals surface area (Å²) in [4.78, 5) is 0. The molecule has 92 valence electrons. The SMILES string of the molecule is c1cc(C2CCCCC2)ccc1OCC1CO1. The molecule has 0 aromatic heterocycles. The van der Waals surface area contributed by atoms with Gasteiger partial charge in [-0.15, -0.1) is 0 Å². The van der Waals surface area contributed by atoms with E-state index in [1.165, 1.54) is 37.7 Å². The fourth-order valence-corrected chi connectivity index (χ4v) is 2.63. The zero-order valence-corrected chi connectivity index (χ0v) is 10.2. The lowest BCUT2D eigenvalue weighted by Crippen LogP contribution is -2.06. The number of hydrogen-bond acceptors (Lipinski definition) is 2. The smallest absolute Gasteiger partial charge is 0.119 e. The first kappa shape index (κ1) is 11.1. The maximum absolute atomic E-state index is 5.65. The van der Waals surface area contributed by atoms with E-state index in [1.807, 2.05) is 0 Å². The third kappa shape index (κ3) is 3.01. The average Bonchev–Trinajstić information content (AvgIpc) is 3.22. The van der Waals surface area contributed by atoms with E-state index in [9.17, 15) is 0 Å². The second kappa shape index (κ2) is 5.09. The van der Waals surface area contributed by atoms with Gasteiger partial charge in [0.05, 0.1) is 6.61 Å². The monoisotopic (exact) mass is 232 g/mol. The Bertz CT molecular complexity index is 348. The Kier molecular flexibility index (Phi) is 3.32. The van der Waals surface area contributed by atoms with Crippen LogP contribution < -0.4 is 4.74 Å². The Morgan fingerprint density at radius 1 is 1.06 bits per heavy atom. The number of rotatable bonds is 4. The lowest BCUT2D eigenvalue weighted by Gasteiger charge is -2.22. The molecule has 0 bridgehead atoms. The van der Waals surface area contributed by atoms with Gasteiger partial charge in [0.25, 0.3) is 0 Å². The summed E-state index contributed by atoms with van der Waals surface area (Å²) >= 11 is 0. The topological polar surface area (TPSA) is 21.8 Å². The van der Waals surface area contributed by atoms with Crippen molar-refractivity contribution in [1.29, 1.82) is 0 Å². The largest absolute Gasteiger partial charge is 0.491 e. The van der Waals surface area contributed by atoms with E-state index >= 15 is 0 Å². The van der Waals surface area contributed by atoms with E-state index in [4.69, 9.17) is 9.47 Å². The average molecular weight is 232 g/mol. The van der Waals surface area contributed by atoms with Crippen LogP contribution in [0.1, 0.15) is 43.6 Å². The van der Waals surface area contributed by atoms with E-state index in [0.717, 1.165) is 18.3 Å². The first-order chi connectivity index (χ1) is 8.42. The maximum atomic E-state index is 5.65. The molecule has 2 fully saturated rings. The van der Waals surface area contributed by atoms with Crippen LogP contribution in [-0.2, 0) is 4.74 Å². The molecule has 2 heteroatoms. The van der Waals surface area contributed by atoms with E-state index in [0.29, 0.717) is 12.7 Å². The molecule has 2 nitrogen and oxygen atoms in total. The summed E-state index contributed by atoms with van der Waals surface area (Å²) in [6.45, 7) is 1.56. The molecule has 1 aliphatic heterocycles. The summed E-state index contributed by atoms with van der Waals surface area (Å²) in [7, 11) is 0. The normalized spacial score (nSPS) is 24.6. The van der Waals surface area contributed by atoms with E-state index in [-0.39, 0.29) is 0 Å². The molecule has 1 atom stereocenters. The lowest BCUT2D eigenvalue weighted by atomic mass is 9.84. The van der Waals surface area contributed by atoms with Crippen LogP contribution in [0.5, 0.6) is 5.75 Å². The molecule has 17 heavy (non-hydrogen) atoms. The molecule has 1 aromatic rings. The third-order valence-electron chi connectivity index (χ3n) is 3.79. The summed E-state index contributed by atoms with van der Waals surface area (Å²) in [5.74, 6) is 1.75. The molecule has 2 aliphatic rings. The zero-order valence-electron chi connectivity index (χ0n) is 10.2. The summed E-state index contributed by atoms with van der Waals surface area (Å²) in [6.07, 6.45) is 7.25. The van der Waals surface area contributed by atoms with Crippen LogP contribution in [0.15, 0.2) is 24.3 Å². The van der Waals surface area contributed by atoms with E-state index in [1.54, 1.807) is 0 Å². The first-order valence-electron chi connectivity index (χ1n) is 6.76. The van der Waals surface area contributed by atoms with Crippen LogP contribution in [0, 0.1) is 0 Å². The standard InChI is InChI=1S/C15H20O2/c1-2-4-12(5-3-1)13-6-8-14(9-7-13)16-10-15-11-17-15/h6-9,12,15H,1-5,10-11H2. The molecular formula is C15H20O2. The van der Waals surface area contributed by atoms with E-state index in [2.05, 4.69) is 24.3 Å². The van der Waals surface area contributed by atoms with Gasteiger partial charge in [0.15, 0.2) is 0 Å². The molecule has 0 amide bonds. The minimum Gasteiger partial charge on any atom is -0.491 e. The molecule has 1 heterocycles. The minimum atomic E-state index is 0.341. The van der Waals surface area contributed by atoms with Crippen molar-refractivity contribution in [2.24, 2.45) is 0 Å². The number of hydrogen-bond donors (Lipinski definition) is 0. The van der Waals surface area contributed by atoms with E-state index < -0.39 is 0 Å². The molecule has 1 saturated heterocycles. The molecular weight excluding hydrogens is 212 g/mol. The number of benzene rings is 1. The fraction of sp³-hybridized carbons (Fsp3) is 0.600. The van der Waals surface area contributed by atoms with Crippen LogP contribution in [0.25, 0.3) is 0 Å². The fourth-order valence-electron chi connectivity index (χ4n) is 2.63.